The van der Waals surface area contributed by atoms with E-state index in [1.807, 2.05) is 43.3 Å². The fourth-order valence-corrected chi connectivity index (χ4v) is 4.83. The average Bonchev–Trinajstić information content (AvgIpc) is 3.50. The van der Waals surface area contributed by atoms with Gasteiger partial charge >= 0.3 is 5.97 Å². The van der Waals surface area contributed by atoms with Gasteiger partial charge in [0, 0.05) is 24.8 Å². The molecule has 35 heavy (non-hydrogen) atoms. The third kappa shape index (κ3) is 4.39. The van der Waals surface area contributed by atoms with Gasteiger partial charge in [-0.1, -0.05) is 30.3 Å². The third-order valence-electron chi connectivity index (χ3n) is 6.74. The van der Waals surface area contributed by atoms with Crippen molar-refractivity contribution in [3.63, 3.8) is 0 Å². The van der Waals surface area contributed by atoms with Crippen LogP contribution in [0.25, 0.3) is 27.8 Å². The molecule has 1 atom stereocenters. The highest BCUT2D eigenvalue weighted by Gasteiger charge is 2.25. The van der Waals surface area contributed by atoms with Gasteiger partial charge in [-0.05, 0) is 75.8 Å². The van der Waals surface area contributed by atoms with Crippen LogP contribution in [-0.4, -0.2) is 65.5 Å². The van der Waals surface area contributed by atoms with E-state index in [4.69, 9.17) is 14.8 Å². The number of carbonyl (C=O) groups is 1. The van der Waals surface area contributed by atoms with E-state index >= 15 is 0 Å². The van der Waals surface area contributed by atoms with Gasteiger partial charge in [-0.2, -0.15) is 5.10 Å². The summed E-state index contributed by atoms with van der Waals surface area (Å²) in [4.78, 5) is 22.1. The van der Waals surface area contributed by atoms with E-state index < -0.39 is 5.97 Å². The lowest BCUT2D eigenvalue weighted by atomic mass is 10.0. The van der Waals surface area contributed by atoms with Crippen LogP contribution in [0.4, 0.5) is 5.69 Å². The van der Waals surface area contributed by atoms with Gasteiger partial charge in [-0.3, -0.25) is 0 Å². The zero-order valence-electron chi connectivity index (χ0n) is 20.7. The zero-order chi connectivity index (χ0) is 24.5. The van der Waals surface area contributed by atoms with Crippen molar-refractivity contribution in [2.45, 2.75) is 26.3 Å². The maximum absolute atomic E-state index is 12.7. The summed E-state index contributed by atoms with van der Waals surface area (Å²) < 4.78 is 7.10. The van der Waals surface area contributed by atoms with E-state index in [1.165, 1.54) is 12.1 Å². The highest BCUT2D eigenvalue weighted by Crippen LogP contribution is 2.34. The number of pyridine rings is 1. The Morgan fingerprint density at radius 3 is 2.49 bits per heavy atom. The summed E-state index contributed by atoms with van der Waals surface area (Å²) in [5.41, 5.74) is 5.84. The molecule has 0 N–H and O–H groups in total. The Balaban J connectivity index is 1.60. The molecule has 4 aromatic rings. The number of anilines is 1. The number of aryl methyl sites for hydroxylation is 1. The molecule has 0 radical (unpaired) electrons. The first-order chi connectivity index (χ1) is 17.0. The van der Waals surface area contributed by atoms with Gasteiger partial charge in [0.2, 0.25) is 0 Å². The molecule has 7 heteroatoms. The summed E-state index contributed by atoms with van der Waals surface area (Å²) in [6, 6.07) is 20.9. The van der Waals surface area contributed by atoms with Crippen LogP contribution in [0, 0.1) is 6.92 Å². The van der Waals surface area contributed by atoms with Crippen LogP contribution in [0.5, 0.6) is 0 Å². The van der Waals surface area contributed by atoms with Gasteiger partial charge in [0.15, 0.2) is 11.3 Å². The normalized spacial score (nSPS) is 15.8. The smallest absolute Gasteiger partial charge is 0.357 e. The lowest BCUT2D eigenvalue weighted by Gasteiger charge is -2.22. The van der Waals surface area contributed by atoms with Gasteiger partial charge in [0.05, 0.1) is 23.4 Å². The molecule has 2 aromatic carbocycles. The van der Waals surface area contributed by atoms with Crippen molar-refractivity contribution >= 4 is 22.7 Å². The molecular formula is C28H31N5O2. The van der Waals surface area contributed by atoms with Gasteiger partial charge in [-0.25, -0.2) is 14.5 Å². The topological polar surface area (TPSA) is 63.5 Å². The van der Waals surface area contributed by atoms with E-state index in [0.717, 1.165) is 41.0 Å². The first-order valence-electron chi connectivity index (χ1n) is 12.1. The fourth-order valence-electron chi connectivity index (χ4n) is 4.83. The Bertz CT molecular complexity index is 1350. The molecule has 0 amide bonds. The largest absolute Gasteiger partial charge is 0.461 e. The van der Waals surface area contributed by atoms with Crippen LogP contribution < -0.4 is 4.90 Å². The Labute approximate surface area is 205 Å². The Morgan fingerprint density at radius 1 is 1.09 bits per heavy atom. The van der Waals surface area contributed by atoms with Gasteiger partial charge < -0.3 is 14.5 Å². The number of benzene rings is 2. The minimum Gasteiger partial charge on any atom is -0.461 e. The third-order valence-corrected chi connectivity index (χ3v) is 6.74. The molecule has 0 spiro atoms. The number of rotatable bonds is 6. The van der Waals surface area contributed by atoms with E-state index in [-0.39, 0.29) is 5.69 Å². The van der Waals surface area contributed by atoms with Crippen molar-refractivity contribution in [1.29, 1.82) is 0 Å². The number of fused-ring (bicyclic) bond motifs is 1. The molecule has 1 fully saturated rings. The van der Waals surface area contributed by atoms with Gasteiger partial charge in [0.25, 0.3) is 0 Å². The number of likely N-dealkylation sites (N-methyl/N-ethyl adjacent to an activating group) is 1. The number of para-hydroxylation sites is 1. The van der Waals surface area contributed by atoms with Crippen LogP contribution in [0.2, 0.25) is 0 Å². The predicted molar refractivity (Wildman–Crippen MR) is 139 cm³/mol. The number of esters is 1. The van der Waals surface area contributed by atoms with Crippen molar-refractivity contribution in [2.75, 3.05) is 38.7 Å². The summed E-state index contributed by atoms with van der Waals surface area (Å²) in [5.74, 6) is -0.433. The van der Waals surface area contributed by atoms with Crippen LogP contribution in [0.1, 0.15) is 29.5 Å². The molecule has 2 aromatic heterocycles. The number of hydrogen-bond donors (Lipinski definition) is 0. The predicted octanol–water partition coefficient (Wildman–Crippen LogP) is 4.71. The van der Waals surface area contributed by atoms with E-state index in [9.17, 15) is 4.79 Å². The molecule has 0 aliphatic carbocycles. The highest BCUT2D eigenvalue weighted by atomic mass is 16.5. The molecule has 5 rings (SSSR count). The molecular weight excluding hydrogens is 438 g/mol. The highest BCUT2D eigenvalue weighted by molar-refractivity contribution is 6.00. The van der Waals surface area contributed by atoms with Crippen molar-refractivity contribution < 1.29 is 9.53 Å². The zero-order valence-corrected chi connectivity index (χ0v) is 20.7. The van der Waals surface area contributed by atoms with Crippen molar-refractivity contribution in [2.24, 2.45) is 0 Å². The van der Waals surface area contributed by atoms with Crippen molar-refractivity contribution in [1.82, 2.24) is 19.7 Å². The number of aromatic nitrogens is 3. The van der Waals surface area contributed by atoms with Gasteiger partial charge in [0.1, 0.15) is 0 Å². The number of ether oxygens (including phenoxy) is 1. The molecule has 1 aliphatic rings. The van der Waals surface area contributed by atoms with E-state index in [1.54, 1.807) is 11.6 Å². The summed E-state index contributed by atoms with van der Waals surface area (Å²) >= 11 is 0. The molecule has 1 unspecified atom stereocenters. The molecule has 1 saturated heterocycles. The second kappa shape index (κ2) is 9.50. The maximum Gasteiger partial charge on any atom is 0.357 e. The second-order valence-electron chi connectivity index (χ2n) is 9.21. The standard InChI is InChI=1S/C28H31N5O2/c1-5-35-28(34)25-17-24(20-11-13-21(14-12-20)32-16-15-23(18-32)31(3)4)26-19(2)30-33(27(26)29-25)22-9-7-6-8-10-22/h6-14,17,23H,5,15-16,18H2,1-4H3. The monoisotopic (exact) mass is 469 g/mol. The van der Waals surface area contributed by atoms with Crippen LogP contribution in [-0.2, 0) is 4.74 Å². The Hall–Kier alpha value is -3.71. The van der Waals surface area contributed by atoms with Gasteiger partial charge in [-0.15, -0.1) is 0 Å². The first kappa shape index (κ1) is 23.1. The van der Waals surface area contributed by atoms with Crippen molar-refractivity contribution in [3.05, 3.63) is 72.1 Å². The lowest BCUT2D eigenvalue weighted by Crippen LogP contribution is -2.31. The van der Waals surface area contributed by atoms with Crippen LogP contribution in [0.15, 0.2) is 60.7 Å². The second-order valence-corrected chi connectivity index (χ2v) is 9.21. The molecule has 3 heterocycles. The summed E-state index contributed by atoms with van der Waals surface area (Å²) in [5, 5.41) is 5.72. The van der Waals surface area contributed by atoms with E-state index in [2.05, 4.69) is 48.2 Å². The molecule has 0 bridgehead atoms. The minimum atomic E-state index is -0.433. The van der Waals surface area contributed by atoms with Crippen LogP contribution >= 0.6 is 0 Å². The summed E-state index contributed by atoms with van der Waals surface area (Å²) in [7, 11) is 4.29. The first-order valence-corrected chi connectivity index (χ1v) is 12.1. The summed E-state index contributed by atoms with van der Waals surface area (Å²) in [6.07, 6.45) is 1.17. The SMILES string of the molecule is CCOC(=O)c1cc(-c2ccc(N3CCC(N(C)C)C3)cc2)c2c(C)nn(-c3ccccc3)c2n1. The Morgan fingerprint density at radius 2 is 1.83 bits per heavy atom. The van der Waals surface area contributed by atoms with Crippen LogP contribution in [0.3, 0.4) is 0 Å². The number of hydrogen-bond acceptors (Lipinski definition) is 6. The maximum atomic E-state index is 12.7. The Kier molecular flexibility index (Phi) is 6.26. The molecule has 180 valence electrons. The molecule has 7 nitrogen and oxygen atoms in total. The average molecular weight is 470 g/mol. The fraction of sp³-hybridized carbons (Fsp3) is 0.321. The van der Waals surface area contributed by atoms with Crippen molar-refractivity contribution in [3.8, 4) is 16.8 Å². The number of nitrogens with zero attached hydrogens (tertiary/aromatic N) is 5. The molecule has 1 aliphatic heterocycles. The lowest BCUT2D eigenvalue weighted by molar-refractivity contribution is 0.0520. The molecule has 0 saturated carbocycles. The van der Waals surface area contributed by atoms with E-state index in [0.29, 0.717) is 18.3 Å². The quantitative estimate of drug-likeness (QED) is 0.381. The number of carbonyl (C=O) groups excluding carboxylic acids is 1. The summed E-state index contributed by atoms with van der Waals surface area (Å²) in [6.45, 7) is 6.16. The minimum absolute atomic E-state index is 0.281.